The molecule has 0 fully saturated rings. The van der Waals surface area contributed by atoms with Crippen LogP contribution in [-0.2, 0) is 0 Å². The predicted octanol–water partition coefficient (Wildman–Crippen LogP) is 0.423. The maximum absolute atomic E-state index is 5.38. The minimum absolute atomic E-state index is 0.689. The largest absolute Gasteiger partial charge is 0.370 e. The van der Waals surface area contributed by atoms with E-state index in [0.717, 1.165) is 5.88 Å². The average molecular weight is 130 g/mol. The molecule has 0 saturated carbocycles. The van der Waals surface area contributed by atoms with Gasteiger partial charge in [0.05, 0.1) is 5.88 Å². The minimum Gasteiger partial charge on any atom is -0.370 e. The summed E-state index contributed by atoms with van der Waals surface area (Å²) in [6, 6.07) is 0. The lowest BCUT2D eigenvalue weighted by atomic mass is 10.6. The molecule has 1 aliphatic heterocycles. The Kier molecular flexibility index (Phi) is 1.81. The number of hydrogen-bond acceptors (Lipinski definition) is 3. The summed E-state index contributed by atoms with van der Waals surface area (Å²) in [5.41, 5.74) is 5.38. The molecule has 1 rings (SSSR count). The van der Waals surface area contributed by atoms with E-state index in [2.05, 4.69) is 18.1 Å². The van der Waals surface area contributed by atoms with Crippen LogP contribution in [0.4, 0.5) is 0 Å². The van der Waals surface area contributed by atoms with Gasteiger partial charge in [-0.1, -0.05) is 0 Å². The van der Waals surface area contributed by atoms with Crippen LogP contribution in [0.5, 0.6) is 0 Å². The van der Waals surface area contributed by atoms with Gasteiger partial charge in [0.2, 0.25) is 0 Å². The van der Waals surface area contributed by atoms with E-state index >= 15 is 0 Å². The van der Waals surface area contributed by atoms with Crippen molar-refractivity contribution >= 4 is 11.8 Å². The highest BCUT2D eigenvalue weighted by Crippen LogP contribution is 2.21. The number of rotatable bonds is 1. The van der Waals surface area contributed by atoms with E-state index < -0.39 is 0 Å². The molecule has 0 amide bonds. The maximum Gasteiger partial charge on any atom is 0.0675 e. The Labute approximate surface area is 53.7 Å². The van der Waals surface area contributed by atoms with E-state index in [-0.39, 0.29) is 0 Å². The molecule has 0 bridgehead atoms. The quantitative estimate of drug-likeness (QED) is 0.558. The molecule has 0 atom stereocenters. The predicted molar refractivity (Wildman–Crippen MR) is 37.4 cm³/mol. The van der Waals surface area contributed by atoms with E-state index in [0.29, 0.717) is 6.54 Å². The Hall–Kier alpha value is -0.150. The second-order valence-corrected chi connectivity index (χ2v) is 2.90. The van der Waals surface area contributed by atoms with Gasteiger partial charge in [0.1, 0.15) is 0 Å². The summed E-state index contributed by atoms with van der Waals surface area (Å²) in [6.45, 7) is 0.689. The first kappa shape index (κ1) is 5.98. The number of nitrogens with zero attached hydrogens (tertiary/aromatic N) is 1. The van der Waals surface area contributed by atoms with Gasteiger partial charge in [-0.15, -0.1) is 11.8 Å². The molecule has 8 heavy (non-hydrogen) atoms. The lowest BCUT2D eigenvalue weighted by Crippen LogP contribution is -2.03. The van der Waals surface area contributed by atoms with Crippen LogP contribution in [0, 0.1) is 0 Å². The zero-order valence-electron chi connectivity index (χ0n) is 4.92. The highest BCUT2D eigenvalue weighted by molar-refractivity contribution is 8.03. The van der Waals surface area contributed by atoms with Crippen molar-refractivity contribution in [1.82, 2.24) is 4.90 Å². The van der Waals surface area contributed by atoms with Crippen LogP contribution >= 0.6 is 11.8 Å². The van der Waals surface area contributed by atoms with Gasteiger partial charge < -0.3 is 10.6 Å². The lowest BCUT2D eigenvalue weighted by molar-refractivity contribution is 0.550. The van der Waals surface area contributed by atoms with Crippen LogP contribution in [0.15, 0.2) is 11.1 Å². The smallest absolute Gasteiger partial charge is 0.0675 e. The molecule has 0 spiro atoms. The molecule has 0 unspecified atom stereocenters. The normalized spacial score (nSPS) is 19.2. The Bertz CT molecular complexity index is 111. The molecule has 1 heterocycles. The van der Waals surface area contributed by atoms with Gasteiger partial charge in [0, 0.05) is 24.7 Å². The lowest BCUT2D eigenvalue weighted by Gasteiger charge is -2.01. The highest BCUT2D eigenvalue weighted by atomic mass is 32.2. The van der Waals surface area contributed by atoms with Gasteiger partial charge in [-0.05, 0) is 0 Å². The Morgan fingerprint density at radius 1 is 2.00 bits per heavy atom. The van der Waals surface area contributed by atoms with Crippen molar-refractivity contribution in [3.8, 4) is 0 Å². The molecule has 1 aliphatic rings. The Balaban J connectivity index is 2.44. The first-order chi connectivity index (χ1) is 3.83. The van der Waals surface area contributed by atoms with Crippen molar-refractivity contribution < 1.29 is 0 Å². The van der Waals surface area contributed by atoms with E-state index in [9.17, 15) is 0 Å². The van der Waals surface area contributed by atoms with Crippen molar-refractivity contribution in [2.75, 3.05) is 19.5 Å². The van der Waals surface area contributed by atoms with E-state index in [1.165, 1.54) is 4.91 Å². The maximum atomic E-state index is 5.38. The molecular weight excluding hydrogens is 120 g/mol. The molecule has 0 radical (unpaired) electrons. The van der Waals surface area contributed by atoms with E-state index in [1.807, 2.05) is 11.8 Å². The Morgan fingerprint density at radius 2 is 2.75 bits per heavy atom. The molecule has 0 aliphatic carbocycles. The molecule has 3 heteroatoms. The topological polar surface area (TPSA) is 29.3 Å². The molecule has 0 aromatic rings. The third-order valence-electron chi connectivity index (χ3n) is 1.02. The molecule has 46 valence electrons. The molecule has 2 N–H and O–H groups in total. The first-order valence-electron chi connectivity index (χ1n) is 2.56. The molecule has 2 nitrogen and oxygen atoms in total. The van der Waals surface area contributed by atoms with Crippen molar-refractivity contribution in [2.24, 2.45) is 5.73 Å². The van der Waals surface area contributed by atoms with Crippen molar-refractivity contribution in [2.45, 2.75) is 0 Å². The van der Waals surface area contributed by atoms with Crippen molar-refractivity contribution in [1.29, 1.82) is 0 Å². The standard InChI is InChI=1S/C5H10N2S/c1-7-3-5(2-6)8-4-7/h3H,2,4,6H2,1H3. The van der Waals surface area contributed by atoms with Gasteiger partial charge in [-0.2, -0.15) is 0 Å². The first-order valence-corrected chi connectivity index (χ1v) is 3.55. The summed E-state index contributed by atoms with van der Waals surface area (Å²) < 4.78 is 0. The summed E-state index contributed by atoms with van der Waals surface area (Å²) in [4.78, 5) is 3.42. The second-order valence-electron chi connectivity index (χ2n) is 1.83. The average Bonchev–Trinajstić information content (AvgIpc) is 2.14. The van der Waals surface area contributed by atoms with Gasteiger partial charge in [0.25, 0.3) is 0 Å². The van der Waals surface area contributed by atoms with Crippen molar-refractivity contribution in [3.05, 3.63) is 11.1 Å². The number of nitrogens with two attached hydrogens (primary N) is 1. The zero-order chi connectivity index (χ0) is 5.98. The SMILES string of the molecule is CN1C=C(CN)SC1. The van der Waals surface area contributed by atoms with Crippen molar-refractivity contribution in [3.63, 3.8) is 0 Å². The number of thioether (sulfide) groups is 1. The van der Waals surface area contributed by atoms with E-state index in [4.69, 9.17) is 5.73 Å². The fourth-order valence-electron chi connectivity index (χ4n) is 0.617. The fourth-order valence-corrected chi connectivity index (χ4v) is 1.43. The number of hydrogen-bond donors (Lipinski definition) is 1. The van der Waals surface area contributed by atoms with Crippen LogP contribution in [0.25, 0.3) is 0 Å². The molecule has 0 aromatic carbocycles. The third-order valence-corrected chi connectivity index (χ3v) is 2.20. The summed E-state index contributed by atoms with van der Waals surface area (Å²) >= 11 is 1.81. The summed E-state index contributed by atoms with van der Waals surface area (Å²) in [5.74, 6) is 1.06. The summed E-state index contributed by atoms with van der Waals surface area (Å²) in [6.07, 6.45) is 2.09. The fraction of sp³-hybridized carbons (Fsp3) is 0.600. The summed E-state index contributed by atoms with van der Waals surface area (Å²) in [7, 11) is 2.05. The van der Waals surface area contributed by atoms with Crippen LogP contribution < -0.4 is 5.73 Å². The Morgan fingerprint density at radius 3 is 3.00 bits per heavy atom. The van der Waals surface area contributed by atoms with Gasteiger partial charge in [-0.25, -0.2) is 0 Å². The van der Waals surface area contributed by atoms with Crippen LogP contribution in [0.1, 0.15) is 0 Å². The van der Waals surface area contributed by atoms with Gasteiger partial charge in [0.15, 0.2) is 0 Å². The second kappa shape index (κ2) is 2.42. The van der Waals surface area contributed by atoms with Gasteiger partial charge >= 0.3 is 0 Å². The van der Waals surface area contributed by atoms with Crippen LogP contribution in [0.3, 0.4) is 0 Å². The van der Waals surface area contributed by atoms with Crippen LogP contribution in [-0.4, -0.2) is 24.4 Å². The monoisotopic (exact) mass is 130 g/mol. The minimum atomic E-state index is 0.689. The summed E-state index contributed by atoms with van der Waals surface area (Å²) in [5, 5.41) is 0. The third kappa shape index (κ3) is 1.17. The molecule has 0 aromatic heterocycles. The van der Waals surface area contributed by atoms with E-state index in [1.54, 1.807) is 0 Å². The van der Waals surface area contributed by atoms with Crippen LogP contribution in [0.2, 0.25) is 0 Å². The molecular formula is C5H10N2S. The van der Waals surface area contributed by atoms with Gasteiger partial charge in [-0.3, -0.25) is 0 Å². The highest BCUT2D eigenvalue weighted by Gasteiger charge is 2.05. The zero-order valence-corrected chi connectivity index (χ0v) is 5.74. The molecule has 0 saturated heterocycles.